The lowest BCUT2D eigenvalue weighted by atomic mass is 10.1. The number of rotatable bonds is 5. The van der Waals surface area contributed by atoms with E-state index in [9.17, 15) is 9.59 Å². The molecule has 0 spiro atoms. The fourth-order valence-electron chi connectivity index (χ4n) is 1.94. The Balaban J connectivity index is 2.65. The van der Waals surface area contributed by atoms with Crippen molar-refractivity contribution in [3.8, 4) is 22.8 Å². The molecule has 1 heterocycles. The molecule has 6 nitrogen and oxygen atoms in total. The molecule has 0 aliphatic carbocycles. The van der Waals surface area contributed by atoms with Crippen LogP contribution in [0.1, 0.15) is 20.9 Å². The van der Waals surface area contributed by atoms with E-state index in [1.165, 1.54) is 33.5 Å². The van der Waals surface area contributed by atoms with Gasteiger partial charge in [0.25, 0.3) is 0 Å². The van der Waals surface area contributed by atoms with Crippen LogP contribution in [0.15, 0.2) is 28.7 Å². The second-order valence-electron chi connectivity index (χ2n) is 4.07. The number of ether oxygens (including phenoxy) is 3. The van der Waals surface area contributed by atoms with Gasteiger partial charge < -0.3 is 18.6 Å². The predicted molar refractivity (Wildman–Crippen MR) is 74.0 cm³/mol. The van der Waals surface area contributed by atoms with Crippen LogP contribution in [0.25, 0.3) is 11.3 Å². The van der Waals surface area contributed by atoms with Crippen molar-refractivity contribution in [1.82, 2.24) is 0 Å². The lowest BCUT2D eigenvalue weighted by molar-refractivity contribution is 0.0600. The Hall–Kier alpha value is -2.76. The molecule has 0 unspecified atom stereocenters. The highest BCUT2D eigenvalue weighted by molar-refractivity contribution is 5.93. The summed E-state index contributed by atoms with van der Waals surface area (Å²) in [7, 11) is 4.22. The molecule has 0 aliphatic rings. The molecule has 0 aliphatic heterocycles. The third kappa shape index (κ3) is 2.74. The Labute approximate surface area is 121 Å². The summed E-state index contributed by atoms with van der Waals surface area (Å²) in [5, 5.41) is 0. The third-order valence-electron chi connectivity index (χ3n) is 2.91. The van der Waals surface area contributed by atoms with E-state index in [0.29, 0.717) is 29.1 Å². The molecule has 2 rings (SSSR count). The SMILES string of the molecule is COC(=O)c1cc(OC)c(OC)c(-c2ccc(C=O)o2)c1. The highest BCUT2D eigenvalue weighted by Crippen LogP contribution is 2.40. The molecule has 2 aromatic rings. The zero-order valence-electron chi connectivity index (χ0n) is 11.8. The predicted octanol–water partition coefficient (Wildman–Crippen LogP) is 2.56. The smallest absolute Gasteiger partial charge is 0.338 e. The van der Waals surface area contributed by atoms with Gasteiger partial charge in [-0.15, -0.1) is 0 Å². The fraction of sp³-hybridized carbons (Fsp3) is 0.200. The highest BCUT2D eigenvalue weighted by Gasteiger charge is 2.19. The number of benzene rings is 1. The van der Waals surface area contributed by atoms with Crippen LogP contribution < -0.4 is 9.47 Å². The summed E-state index contributed by atoms with van der Waals surface area (Å²) in [6, 6.07) is 6.21. The van der Waals surface area contributed by atoms with Gasteiger partial charge in [0.15, 0.2) is 23.5 Å². The van der Waals surface area contributed by atoms with Gasteiger partial charge in [0.1, 0.15) is 5.76 Å². The van der Waals surface area contributed by atoms with Gasteiger partial charge in [-0.3, -0.25) is 4.79 Å². The van der Waals surface area contributed by atoms with Crippen LogP contribution in [0.5, 0.6) is 11.5 Å². The maximum absolute atomic E-state index is 11.7. The zero-order chi connectivity index (χ0) is 15.4. The van der Waals surface area contributed by atoms with Crippen molar-refractivity contribution < 1.29 is 28.2 Å². The maximum atomic E-state index is 11.7. The minimum Gasteiger partial charge on any atom is -0.493 e. The van der Waals surface area contributed by atoms with Gasteiger partial charge in [0.05, 0.1) is 32.5 Å². The topological polar surface area (TPSA) is 75.0 Å². The molecule has 0 saturated carbocycles. The van der Waals surface area contributed by atoms with Gasteiger partial charge in [-0.2, -0.15) is 0 Å². The number of hydrogen-bond donors (Lipinski definition) is 0. The fourth-order valence-corrected chi connectivity index (χ4v) is 1.94. The van der Waals surface area contributed by atoms with E-state index in [1.54, 1.807) is 12.1 Å². The Morgan fingerprint density at radius 2 is 1.90 bits per heavy atom. The van der Waals surface area contributed by atoms with E-state index in [-0.39, 0.29) is 11.3 Å². The van der Waals surface area contributed by atoms with Crippen molar-refractivity contribution in [2.45, 2.75) is 0 Å². The summed E-state index contributed by atoms with van der Waals surface area (Å²) in [5.74, 6) is 0.809. The molecule has 0 bridgehead atoms. The first kappa shape index (κ1) is 14.6. The Kier molecular flexibility index (Phi) is 4.27. The van der Waals surface area contributed by atoms with E-state index in [2.05, 4.69) is 0 Å². The second kappa shape index (κ2) is 6.13. The Morgan fingerprint density at radius 3 is 2.43 bits per heavy atom. The molecule has 110 valence electrons. The summed E-state index contributed by atoms with van der Waals surface area (Å²) in [6.07, 6.45) is 0.595. The molecule has 21 heavy (non-hydrogen) atoms. The Morgan fingerprint density at radius 1 is 1.14 bits per heavy atom. The molecular weight excluding hydrogens is 276 g/mol. The lowest BCUT2D eigenvalue weighted by Crippen LogP contribution is -2.03. The number of esters is 1. The summed E-state index contributed by atoms with van der Waals surface area (Å²) in [6.45, 7) is 0. The largest absolute Gasteiger partial charge is 0.493 e. The lowest BCUT2D eigenvalue weighted by Gasteiger charge is -2.13. The van der Waals surface area contributed by atoms with E-state index in [1.807, 2.05) is 0 Å². The average Bonchev–Trinajstić information content (AvgIpc) is 3.01. The van der Waals surface area contributed by atoms with Crippen LogP contribution in [0.3, 0.4) is 0 Å². The van der Waals surface area contributed by atoms with Gasteiger partial charge in [0, 0.05) is 0 Å². The summed E-state index contributed by atoms with van der Waals surface area (Å²) in [4.78, 5) is 22.4. The van der Waals surface area contributed by atoms with Crippen LogP contribution in [-0.2, 0) is 4.74 Å². The third-order valence-corrected chi connectivity index (χ3v) is 2.91. The van der Waals surface area contributed by atoms with Crippen molar-refractivity contribution in [3.05, 3.63) is 35.6 Å². The number of furan rings is 1. The standard InChI is InChI=1S/C15H14O6/c1-18-13-7-9(15(17)20-3)6-11(14(13)19-2)12-5-4-10(8-16)21-12/h4-8H,1-3H3. The van der Waals surface area contributed by atoms with E-state index >= 15 is 0 Å². The first-order chi connectivity index (χ1) is 10.1. The molecule has 1 aromatic heterocycles. The monoisotopic (exact) mass is 290 g/mol. The van der Waals surface area contributed by atoms with Crippen molar-refractivity contribution in [3.63, 3.8) is 0 Å². The van der Waals surface area contributed by atoms with E-state index in [4.69, 9.17) is 18.6 Å². The molecule has 0 fully saturated rings. The molecule has 0 radical (unpaired) electrons. The number of carbonyl (C=O) groups excluding carboxylic acids is 2. The maximum Gasteiger partial charge on any atom is 0.338 e. The van der Waals surface area contributed by atoms with Crippen LogP contribution >= 0.6 is 0 Å². The number of hydrogen-bond acceptors (Lipinski definition) is 6. The van der Waals surface area contributed by atoms with Crippen molar-refractivity contribution in [2.75, 3.05) is 21.3 Å². The van der Waals surface area contributed by atoms with Crippen LogP contribution in [0.4, 0.5) is 0 Å². The molecule has 0 atom stereocenters. The van der Waals surface area contributed by atoms with E-state index < -0.39 is 5.97 Å². The molecule has 0 amide bonds. The number of methoxy groups -OCH3 is 3. The molecule has 1 aromatic carbocycles. The molecule has 0 saturated heterocycles. The molecule has 6 heteroatoms. The molecular formula is C15H14O6. The summed E-state index contributed by atoms with van der Waals surface area (Å²) >= 11 is 0. The van der Waals surface area contributed by atoms with Gasteiger partial charge >= 0.3 is 5.97 Å². The number of aldehydes is 1. The van der Waals surface area contributed by atoms with E-state index in [0.717, 1.165) is 0 Å². The second-order valence-corrected chi connectivity index (χ2v) is 4.07. The van der Waals surface area contributed by atoms with Crippen molar-refractivity contribution in [1.29, 1.82) is 0 Å². The minimum atomic E-state index is -0.514. The normalized spacial score (nSPS) is 10.0. The van der Waals surface area contributed by atoms with Crippen LogP contribution in [0, 0.1) is 0 Å². The van der Waals surface area contributed by atoms with Gasteiger partial charge in [-0.1, -0.05) is 0 Å². The summed E-state index contributed by atoms with van der Waals surface area (Å²) < 4.78 is 20.6. The first-order valence-corrected chi connectivity index (χ1v) is 6.04. The van der Waals surface area contributed by atoms with Gasteiger partial charge in [-0.25, -0.2) is 4.79 Å². The zero-order valence-corrected chi connectivity index (χ0v) is 11.8. The van der Waals surface area contributed by atoms with Crippen LogP contribution in [-0.4, -0.2) is 33.6 Å². The number of carbonyl (C=O) groups is 2. The first-order valence-electron chi connectivity index (χ1n) is 6.04. The Bertz CT molecular complexity index is 671. The summed E-state index contributed by atoms with van der Waals surface area (Å²) in [5.41, 5.74) is 0.777. The molecule has 0 N–H and O–H groups in total. The van der Waals surface area contributed by atoms with Gasteiger partial charge in [-0.05, 0) is 24.3 Å². The highest BCUT2D eigenvalue weighted by atomic mass is 16.5. The van der Waals surface area contributed by atoms with Crippen molar-refractivity contribution in [2.24, 2.45) is 0 Å². The van der Waals surface area contributed by atoms with Crippen molar-refractivity contribution >= 4 is 12.3 Å². The quantitative estimate of drug-likeness (QED) is 0.622. The van der Waals surface area contributed by atoms with Gasteiger partial charge in [0.2, 0.25) is 0 Å². The average molecular weight is 290 g/mol. The minimum absolute atomic E-state index is 0.175. The van der Waals surface area contributed by atoms with Crippen LogP contribution in [0.2, 0.25) is 0 Å².